The van der Waals surface area contributed by atoms with E-state index >= 15 is 0 Å². The number of piperazine rings is 1. The molecular formula is C32H35Cl2F3N4O2. The average molecular weight is 636 g/mol. The topological polar surface area (TPSA) is 52.9 Å². The fraction of sp³-hybridized carbons (Fsp3) is 0.375. The summed E-state index contributed by atoms with van der Waals surface area (Å²) in [4.78, 5) is 4.80. The SMILES string of the molecule is OCCNCCCn1cc(-c2ccc(OC(F)(F)F)cc2)c2cc(CN3CCN(Cc4c(Cl)cccc4Cl)CC3)ccc21. The van der Waals surface area contributed by atoms with Gasteiger partial charge in [0.25, 0.3) is 0 Å². The van der Waals surface area contributed by atoms with Crippen LogP contribution in [0.4, 0.5) is 13.2 Å². The highest BCUT2D eigenvalue weighted by atomic mass is 35.5. The van der Waals surface area contributed by atoms with Gasteiger partial charge in [-0.15, -0.1) is 13.2 Å². The van der Waals surface area contributed by atoms with E-state index < -0.39 is 6.36 Å². The number of halogens is 5. The number of aromatic nitrogens is 1. The minimum atomic E-state index is -4.73. The zero-order chi connectivity index (χ0) is 30.4. The summed E-state index contributed by atoms with van der Waals surface area (Å²) in [5.41, 5.74) is 4.98. The fourth-order valence-corrected chi connectivity index (χ4v) is 6.06. The molecule has 5 rings (SSSR count). The second-order valence-electron chi connectivity index (χ2n) is 10.7. The van der Waals surface area contributed by atoms with E-state index in [0.29, 0.717) is 16.6 Å². The van der Waals surface area contributed by atoms with Crippen molar-refractivity contribution in [1.82, 2.24) is 19.7 Å². The maximum absolute atomic E-state index is 12.7. The number of hydrogen-bond donors (Lipinski definition) is 2. The molecule has 0 unspecified atom stereocenters. The van der Waals surface area contributed by atoms with E-state index in [1.807, 2.05) is 18.2 Å². The van der Waals surface area contributed by atoms with E-state index in [1.54, 1.807) is 12.1 Å². The van der Waals surface area contributed by atoms with Crippen molar-refractivity contribution in [2.45, 2.75) is 32.4 Å². The Morgan fingerprint density at radius 3 is 2.19 bits per heavy atom. The normalized spacial score (nSPS) is 14.9. The molecule has 1 aliphatic heterocycles. The van der Waals surface area contributed by atoms with E-state index in [-0.39, 0.29) is 12.4 Å². The summed E-state index contributed by atoms with van der Waals surface area (Å²) < 4.78 is 44.4. The molecule has 0 saturated carbocycles. The molecule has 2 N–H and O–H groups in total. The highest BCUT2D eigenvalue weighted by molar-refractivity contribution is 6.35. The van der Waals surface area contributed by atoms with Crippen molar-refractivity contribution in [2.24, 2.45) is 0 Å². The lowest BCUT2D eigenvalue weighted by molar-refractivity contribution is -0.274. The van der Waals surface area contributed by atoms with Gasteiger partial charge in [0.1, 0.15) is 5.75 Å². The maximum atomic E-state index is 12.7. The molecule has 0 spiro atoms. The van der Waals surface area contributed by atoms with Crippen LogP contribution >= 0.6 is 23.2 Å². The van der Waals surface area contributed by atoms with Crippen LogP contribution in [-0.4, -0.2) is 71.7 Å². The van der Waals surface area contributed by atoms with Gasteiger partial charge in [-0.25, -0.2) is 0 Å². The van der Waals surface area contributed by atoms with Crippen molar-refractivity contribution in [3.05, 3.63) is 88.0 Å². The Morgan fingerprint density at radius 2 is 1.53 bits per heavy atom. The summed E-state index contributed by atoms with van der Waals surface area (Å²) in [5, 5.41) is 14.7. The predicted octanol–water partition coefficient (Wildman–Crippen LogP) is 6.80. The number of ether oxygens (including phenoxy) is 1. The van der Waals surface area contributed by atoms with Gasteiger partial charge < -0.3 is 19.7 Å². The minimum Gasteiger partial charge on any atom is -0.406 e. The number of nitrogens with one attached hydrogen (secondary N) is 1. The first kappa shape index (κ1) is 31.6. The number of fused-ring (bicyclic) bond motifs is 1. The first-order valence-corrected chi connectivity index (χ1v) is 15.1. The largest absolute Gasteiger partial charge is 0.573 e. The summed E-state index contributed by atoms with van der Waals surface area (Å²) in [6.45, 7) is 7.33. The standard InChI is InChI=1S/C32H35Cl2F3N4O2/c33-29-3-1-4-30(34)28(29)21-40-16-14-39(15-17-40)20-23-5-10-31-26(19-23)27(22-41(31)13-2-11-38-12-18-42)24-6-8-25(9-7-24)43-32(35,36)37/h1,3-10,19,22,38,42H,2,11-18,20-21H2. The van der Waals surface area contributed by atoms with E-state index in [1.165, 1.54) is 17.7 Å². The Morgan fingerprint density at radius 1 is 0.860 bits per heavy atom. The van der Waals surface area contributed by atoms with Crippen molar-refractivity contribution in [1.29, 1.82) is 0 Å². The molecule has 11 heteroatoms. The van der Waals surface area contributed by atoms with Gasteiger partial charge in [0, 0.05) is 90.6 Å². The zero-order valence-corrected chi connectivity index (χ0v) is 25.2. The van der Waals surface area contributed by atoms with Crippen molar-refractivity contribution < 1.29 is 23.0 Å². The van der Waals surface area contributed by atoms with E-state index in [0.717, 1.165) is 86.4 Å². The van der Waals surface area contributed by atoms with Crippen LogP contribution in [0.25, 0.3) is 22.0 Å². The summed E-state index contributed by atoms with van der Waals surface area (Å²) >= 11 is 12.8. The molecule has 1 aliphatic rings. The van der Waals surface area contributed by atoms with Gasteiger partial charge in [-0.3, -0.25) is 9.80 Å². The molecule has 4 aromatic rings. The number of alkyl halides is 3. The Hall–Kier alpha value is -2.79. The van der Waals surface area contributed by atoms with Crippen LogP contribution in [-0.2, 0) is 19.6 Å². The number of hydrogen-bond acceptors (Lipinski definition) is 5. The van der Waals surface area contributed by atoms with Gasteiger partial charge in [0.15, 0.2) is 0 Å². The fourth-order valence-electron chi connectivity index (χ4n) is 5.54. The molecule has 230 valence electrons. The van der Waals surface area contributed by atoms with Crippen LogP contribution in [0.2, 0.25) is 10.0 Å². The van der Waals surface area contributed by atoms with Crippen LogP contribution in [0.5, 0.6) is 5.75 Å². The van der Waals surface area contributed by atoms with E-state index in [4.69, 9.17) is 28.3 Å². The van der Waals surface area contributed by atoms with Crippen LogP contribution in [0.3, 0.4) is 0 Å². The van der Waals surface area contributed by atoms with Crippen LogP contribution in [0.15, 0.2) is 66.9 Å². The molecule has 0 radical (unpaired) electrons. The van der Waals surface area contributed by atoms with Gasteiger partial charge in [-0.05, 0) is 60.5 Å². The number of rotatable bonds is 12. The highest BCUT2D eigenvalue weighted by Crippen LogP contribution is 2.34. The Labute approximate surface area is 259 Å². The Balaban J connectivity index is 1.31. The third kappa shape index (κ3) is 8.44. The van der Waals surface area contributed by atoms with Gasteiger partial charge in [-0.2, -0.15) is 0 Å². The van der Waals surface area contributed by atoms with Crippen LogP contribution in [0.1, 0.15) is 17.5 Å². The van der Waals surface area contributed by atoms with Gasteiger partial charge in [-0.1, -0.05) is 47.5 Å². The summed E-state index contributed by atoms with van der Waals surface area (Å²) in [5.74, 6) is -0.244. The predicted molar refractivity (Wildman–Crippen MR) is 166 cm³/mol. The summed E-state index contributed by atoms with van der Waals surface area (Å²) in [6.07, 6.45) is -1.80. The molecule has 0 atom stereocenters. The van der Waals surface area contributed by atoms with Crippen LogP contribution < -0.4 is 10.1 Å². The molecule has 1 fully saturated rings. The second-order valence-corrected chi connectivity index (χ2v) is 11.6. The first-order valence-electron chi connectivity index (χ1n) is 14.4. The summed E-state index contributed by atoms with van der Waals surface area (Å²) in [7, 11) is 0. The van der Waals surface area contributed by atoms with Crippen molar-refractivity contribution >= 4 is 34.1 Å². The Kier molecular flexibility index (Phi) is 10.5. The van der Waals surface area contributed by atoms with Gasteiger partial charge in [0.05, 0.1) is 6.61 Å². The number of aliphatic hydroxyl groups is 1. The lowest BCUT2D eigenvalue weighted by atomic mass is 10.0. The monoisotopic (exact) mass is 634 g/mol. The van der Waals surface area contributed by atoms with Crippen molar-refractivity contribution in [3.8, 4) is 16.9 Å². The average Bonchev–Trinajstić information content (AvgIpc) is 3.33. The maximum Gasteiger partial charge on any atom is 0.573 e. The van der Waals surface area contributed by atoms with Crippen molar-refractivity contribution in [3.63, 3.8) is 0 Å². The van der Waals surface area contributed by atoms with Gasteiger partial charge in [0.2, 0.25) is 0 Å². The minimum absolute atomic E-state index is 0.0954. The molecule has 0 amide bonds. The number of nitrogens with zero attached hydrogens (tertiary/aromatic N) is 3. The van der Waals surface area contributed by atoms with E-state index in [2.05, 4.69) is 48.8 Å². The molecule has 0 aliphatic carbocycles. The quantitative estimate of drug-likeness (QED) is 0.168. The molecule has 1 saturated heterocycles. The third-order valence-corrected chi connectivity index (χ3v) is 8.41. The Bertz CT molecular complexity index is 1480. The zero-order valence-electron chi connectivity index (χ0n) is 23.7. The van der Waals surface area contributed by atoms with Crippen LogP contribution in [0, 0.1) is 0 Å². The second kappa shape index (κ2) is 14.3. The lowest BCUT2D eigenvalue weighted by Gasteiger charge is -2.35. The molecule has 0 bridgehead atoms. The summed E-state index contributed by atoms with van der Waals surface area (Å²) in [6, 6.07) is 18.1. The molecule has 6 nitrogen and oxygen atoms in total. The van der Waals surface area contributed by atoms with Gasteiger partial charge >= 0.3 is 6.36 Å². The molecule has 1 aromatic heterocycles. The number of aliphatic hydroxyl groups excluding tert-OH is 1. The number of aryl methyl sites for hydroxylation is 1. The molecule has 43 heavy (non-hydrogen) atoms. The smallest absolute Gasteiger partial charge is 0.406 e. The first-order chi connectivity index (χ1) is 20.7. The lowest BCUT2D eigenvalue weighted by Crippen LogP contribution is -2.45. The highest BCUT2D eigenvalue weighted by Gasteiger charge is 2.31. The molecule has 3 aromatic carbocycles. The molecular weight excluding hydrogens is 600 g/mol. The number of benzene rings is 3. The van der Waals surface area contributed by atoms with E-state index in [9.17, 15) is 13.2 Å². The van der Waals surface area contributed by atoms with Crippen molar-refractivity contribution in [2.75, 3.05) is 45.9 Å². The third-order valence-electron chi connectivity index (χ3n) is 7.70. The molecule has 2 heterocycles.